The lowest BCUT2D eigenvalue weighted by Crippen LogP contribution is -2.52. The molecule has 0 unspecified atom stereocenters. The molecule has 1 aromatic carbocycles. The maximum absolute atomic E-state index is 13.1. The fraction of sp³-hybridized carbons (Fsp3) is 0.667. The van der Waals surface area contributed by atoms with Gasteiger partial charge in [0.05, 0.1) is 15.5 Å². The number of nitrogens with zero attached hydrogens (tertiary/aromatic N) is 2. The lowest BCUT2D eigenvalue weighted by Gasteiger charge is -2.41. The molecule has 2 aliphatic rings. The van der Waals surface area contributed by atoms with E-state index < -0.39 is 26.8 Å². The van der Waals surface area contributed by atoms with Crippen LogP contribution in [0.2, 0.25) is 5.02 Å². The number of alkyl halides is 3. The smallest absolute Gasteiger partial charge is 0.294 e. The highest BCUT2D eigenvalue weighted by molar-refractivity contribution is 7.89. The Morgan fingerprint density at radius 1 is 1.11 bits per heavy atom. The van der Waals surface area contributed by atoms with Crippen molar-refractivity contribution >= 4 is 21.6 Å². The summed E-state index contributed by atoms with van der Waals surface area (Å²) >= 11 is 5.62. The monoisotopic (exact) mass is 424 g/mol. The highest BCUT2D eigenvalue weighted by Crippen LogP contribution is 2.37. The van der Waals surface area contributed by atoms with Gasteiger partial charge in [-0.1, -0.05) is 11.6 Å². The summed E-state index contributed by atoms with van der Waals surface area (Å²) in [6.07, 6.45) is -0.949. The Kier molecular flexibility index (Phi) is 5.83. The zero-order chi connectivity index (χ0) is 20.0. The molecular formula is C18H24ClF3N2O2S. The van der Waals surface area contributed by atoms with Crippen LogP contribution in [-0.4, -0.2) is 48.8 Å². The van der Waals surface area contributed by atoms with E-state index in [1.165, 1.54) is 4.31 Å². The molecule has 0 N–H and O–H groups in total. The third-order valence-electron chi connectivity index (χ3n) is 5.68. The molecule has 2 fully saturated rings. The van der Waals surface area contributed by atoms with Crippen LogP contribution in [0.3, 0.4) is 0 Å². The molecule has 1 aromatic rings. The van der Waals surface area contributed by atoms with Crippen molar-refractivity contribution in [2.24, 2.45) is 0 Å². The van der Waals surface area contributed by atoms with Crippen LogP contribution in [0.25, 0.3) is 0 Å². The average Bonchev–Trinajstić information content (AvgIpc) is 2.92. The van der Waals surface area contributed by atoms with Crippen LogP contribution in [0.5, 0.6) is 0 Å². The zero-order valence-corrected chi connectivity index (χ0v) is 16.9. The summed E-state index contributed by atoms with van der Waals surface area (Å²) in [5.41, 5.74) is -1.12. The first-order valence-corrected chi connectivity index (χ1v) is 11.0. The minimum absolute atomic E-state index is 0.0930. The summed E-state index contributed by atoms with van der Waals surface area (Å²) in [5, 5.41) is -0.502. The fourth-order valence-electron chi connectivity index (χ4n) is 4.35. The Bertz CT molecular complexity index is 790. The van der Waals surface area contributed by atoms with Crippen LogP contribution < -0.4 is 0 Å². The van der Waals surface area contributed by atoms with Crippen molar-refractivity contribution in [1.29, 1.82) is 0 Å². The van der Waals surface area contributed by atoms with E-state index in [4.69, 9.17) is 11.6 Å². The second-order valence-electron chi connectivity index (χ2n) is 7.52. The van der Waals surface area contributed by atoms with Crippen molar-refractivity contribution in [2.75, 3.05) is 13.1 Å². The lowest BCUT2D eigenvalue weighted by atomic mass is 10.0. The molecule has 3 atom stereocenters. The van der Waals surface area contributed by atoms with Gasteiger partial charge in [0.15, 0.2) is 0 Å². The lowest BCUT2D eigenvalue weighted by molar-refractivity contribution is -0.137. The molecule has 0 spiro atoms. The van der Waals surface area contributed by atoms with E-state index in [0.717, 1.165) is 31.4 Å². The van der Waals surface area contributed by atoms with Crippen LogP contribution >= 0.6 is 11.6 Å². The number of benzene rings is 1. The third kappa shape index (κ3) is 4.13. The molecule has 0 saturated carbocycles. The Balaban J connectivity index is 1.87. The van der Waals surface area contributed by atoms with Gasteiger partial charge in [-0.05, 0) is 57.7 Å². The van der Waals surface area contributed by atoms with Gasteiger partial charge in [0.25, 0.3) is 0 Å². The van der Waals surface area contributed by atoms with Gasteiger partial charge in [0.1, 0.15) is 0 Å². The SMILES string of the molecule is C[C@@H]1CC[C@H](C)N1[C@H]1CCCN(S(=O)(=O)c2ccc(Cl)c(C(F)(F)F)c2)C1. The Labute approximate surface area is 163 Å². The summed E-state index contributed by atoms with van der Waals surface area (Å²) in [6.45, 7) is 4.91. The Morgan fingerprint density at radius 3 is 2.33 bits per heavy atom. The van der Waals surface area contributed by atoms with Crippen LogP contribution in [0, 0.1) is 0 Å². The molecule has 152 valence electrons. The van der Waals surface area contributed by atoms with E-state index in [1.807, 2.05) is 0 Å². The maximum atomic E-state index is 13.1. The molecular weight excluding hydrogens is 401 g/mol. The van der Waals surface area contributed by atoms with Crippen molar-refractivity contribution in [3.63, 3.8) is 0 Å². The summed E-state index contributed by atoms with van der Waals surface area (Å²) in [5.74, 6) is 0. The molecule has 0 amide bonds. The summed E-state index contributed by atoms with van der Waals surface area (Å²) in [6, 6.07) is 3.67. The molecule has 4 nitrogen and oxygen atoms in total. The zero-order valence-electron chi connectivity index (χ0n) is 15.3. The first kappa shape index (κ1) is 20.9. The van der Waals surface area contributed by atoms with Crippen LogP contribution in [0.1, 0.15) is 45.1 Å². The molecule has 2 heterocycles. The fourth-order valence-corrected chi connectivity index (χ4v) is 6.12. The van der Waals surface area contributed by atoms with Crippen molar-refractivity contribution in [3.8, 4) is 0 Å². The van der Waals surface area contributed by atoms with E-state index in [9.17, 15) is 21.6 Å². The number of rotatable bonds is 3. The second kappa shape index (κ2) is 7.54. The molecule has 0 bridgehead atoms. The Morgan fingerprint density at radius 2 is 1.74 bits per heavy atom. The number of hydrogen-bond acceptors (Lipinski definition) is 3. The molecule has 0 aromatic heterocycles. The van der Waals surface area contributed by atoms with Crippen molar-refractivity contribution in [3.05, 3.63) is 28.8 Å². The van der Waals surface area contributed by atoms with Gasteiger partial charge in [0.2, 0.25) is 10.0 Å². The van der Waals surface area contributed by atoms with E-state index in [0.29, 0.717) is 37.7 Å². The van der Waals surface area contributed by atoms with Gasteiger partial charge >= 0.3 is 6.18 Å². The predicted octanol–water partition coefficient (Wildman–Crippen LogP) is 4.38. The van der Waals surface area contributed by atoms with Gasteiger partial charge < -0.3 is 0 Å². The predicted molar refractivity (Wildman–Crippen MR) is 98.2 cm³/mol. The van der Waals surface area contributed by atoms with Crippen molar-refractivity contribution in [1.82, 2.24) is 9.21 Å². The maximum Gasteiger partial charge on any atom is 0.417 e. The third-order valence-corrected chi connectivity index (χ3v) is 7.87. The van der Waals surface area contributed by atoms with Gasteiger partial charge in [-0.15, -0.1) is 0 Å². The molecule has 27 heavy (non-hydrogen) atoms. The Hall–Kier alpha value is -0.830. The van der Waals surface area contributed by atoms with E-state index in [1.54, 1.807) is 0 Å². The first-order valence-electron chi connectivity index (χ1n) is 9.16. The van der Waals surface area contributed by atoms with Crippen molar-refractivity contribution in [2.45, 2.75) is 68.7 Å². The minimum Gasteiger partial charge on any atom is -0.294 e. The summed E-state index contributed by atoms with van der Waals surface area (Å²) < 4.78 is 66.7. The summed E-state index contributed by atoms with van der Waals surface area (Å²) in [4.78, 5) is 2.01. The highest BCUT2D eigenvalue weighted by Gasteiger charge is 2.40. The molecule has 2 saturated heterocycles. The van der Waals surface area contributed by atoms with Gasteiger partial charge in [0, 0.05) is 31.2 Å². The number of halogens is 4. The van der Waals surface area contributed by atoms with Crippen LogP contribution in [-0.2, 0) is 16.2 Å². The highest BCUT2D eigenvalue weighted by atomic mass is 35.5. The quantitative estimate of drug-likeness (QED) is 0.722. The molecule has 0 radical (unpaired) electrons. The van der Waals surface area contributed by atoms with E-state index >= 15 is 0 Å². The molecule has 0 aliphatic carbocycles. The largest absolute Gasteiger partial charge is 0.417 e. The molecule has 2 aliphatic heterocycles. The van der Waals surface area contributed by atoms with Crippen molar-refractivity contribution < 1.29 is 21.6 Å². The van der Waals surface area contributed by atoms with Gasteiger partial charge in [-0.3, -0.25) is 4.90 Å². The first-order chi connectivity index (χ1) is 12.5. The van der Waals surface area contributed by atoms with Crippen LogP contribution in [0.4, 0.5) is 13.2 Å². The number of likely N-dealkylation sites (tertiary alicyclic amines) is 1. The minimum atomic E-state index is -4.70. The van der Waals surface area contributed by atoms with Gasteiger partial charge in [-0.2, -0.15) is 17.5 Å². The molecule has 9 heteroatoms. The normalized spacial score (nSPS) is 28.6. The number of piperidine rings is 1. The number of hydrogen-bond donors (Lipinski definition) is 0. The van der Waals surface area contributed by atoms with Gasteiger partial charge in [-0.25, -0.2) is 8.42 Å². The standard InChI is InChI=1S/C18H24ClF3N2O2S/c1-12-5-6-13(2)24(12)14-4-3-9-23(11-14)27(25,26)15-7-8-17(19)16(10-15)18(20,21)22/h7-8,10,12-14H,3-6,9,11H2,1-2H3/t12-,13+,14-/m0/s1. The summed E-state index contributed by atoms with van der Waals surface area (Å²) in [7, 11) is -4.01. The topological polar surface area (TPSA) is 40.6 Å². The number of sulfonamides is 1. The van der Waals surface area contributed by atoms with Crippen LogP contribution in [0.15, 0.2) is 23.1 Å². The van der Waals surface area contributed by atoms with E-state index in [2.05, 4.69) is 18.7 Å². The molecule has 3 rings (SSSR count). The van der Waals surface area contributed by atoms with E-state index in [-0.39, 0.29) is 10.9 Å². The average molecular weight is 425 g/mol. The second-order valence-corrected chi connectivity index (χ2v) is 9.87.